The van der Waals surface area contributed by atoms with Crippen LogP contribution in [-0.2, 0) is 9.63 Å². The second kappa shape index (κ2) is 9.79. The number of amidine groups is 2. The van der Waals surface area contributed by atoms with Gasteiger partial charge in [-0.05, 0) is 49.8 Å². The molecule has 1 amide bonds. The van der Waals surface area contributed by atoms with Crippen molar-refractivity contribution in [1.29, 1.82) is 5.41 Å². The maximum absolute atomic E-state index is 12.5. The number of carbonyl (C=O) groups is 1. The van der Waals surface area contributed by atoms with Crippen molar-refractivity contribution in [3.05, 3.63) is 70.5 Å². The van der Waals surface area contributed by atoms with Gasteiger partial charge in [-0.15, -0.1) is 5.06 Å². The van der Waals surface area contributed by atoms with Gasteiger partial charge in [0, 0.05) is 6.08 Å². The monoisotopic (exact) mass is 467 g/mol. The van der Waals surface area contributed by atoms with Gasteiger partial charge >= 0.3 is 0 Å². The first-order chi connectivity index (χ1) is 16.0. The lowest BCUT2D eigenvalue weighted by atomic mass is 10.1. The number of hydrogen-bond donors (Lipinski definition) is 1. The van der Waals surface area contributed by atoms with Crippen LogP contribution in [0.25, 0.3) is 6.08 Å². The molecule has 2 aromatic rings. The van der Waals surface area contributed by atoms with Gasteiger partial charge in [-0.3, -0.25) is 10.2 Å². The van der Waals surface area contributed by atoms with E-state index in [9.17, 15) is 4.79 Å². The van der Waals surface area contributed by atoms with Gasteiger partial charge in [0.05, 0.1) is 17.2 Å². The van der Waals surface area contributed by atoms with E-state index in [1.165, 1.54) is 5.06 Å². The van der Waals surface area contributed by atoms with Gasteiger partial charge in [0.15, 0.2) is 23.2 Å². The van der Waals surface area contributed by atoms with Crippen molar-refractivity contribution in [2.45, 2.75) is 13.8 Å². The fourth-order valence-electron chi connectivity index (χ4n) is 3.23. The highest BCUT2D eigenvalue weighted by atomic mass is 35.5. The quantitative estimate of drug-likeness (QED) is 0.448. The number of ether oxygens (including phenoxy) is 3. The van der Waals surface area contributed by atoms with Crippen molar-refractivity contribution in [2.24, 2.45) is 4.99 Å². The summed E-state index contributed by atoms with van der Waals surface area (Å²) in [5.41, 5.74) is 0.778. The third-order valence-electron chi connectivity index (χ3n) is 4.69. The molecule has 2 aromatic carbocycles. The molecule has 170 valence electrons. The van der Waals surface area contributed by atoms with E-state index in [2.05, 4.69) is 4.99 Å². The van der Waals surface area contributed by atoms with E-state index in [1.54, 1.807) is 49.4 Å². The van der Waals surface area contributed by atoms with E-state index in [1.807, 2.05) is 19.1 Å². The first-order valence-corrected chi connectivity index (χ1v) is 10.7. The van der Waals surface area contributed by atoms with Crippen LogP contribution in [0.2, 0.25) is 5.02 Å². The zero-order valence-corrected chi connectivity index (χ0v) is 18.9. The van der Waals surface area contributed by atoms with Crippen LogP contribution in [0.5, 0.6) is 17.2 Å². The summed E-state index contributed by atoms with van der Waals surface area (Å²) < 4.78 is 17.2. The predicted molar refractivity (Wildman–Crippen MR) is 125 cm³/mol. The van der Waals surface area contributed by atoms with Crippen LogP contribution in [0.3, 0.4) is 0 Å². The molecule has 1 N–H and O–H groups in total. The summed E-state index contributed by atoms with van der Waals surface area (Å²) in [7, 11) is 0. The third-order valence-corrected chi connectivity index (χ3v) is 5.01. The van der Waals surface area contributed by atoms with Crippen molar-refractivity contribution < 1.29 is 23.8 Å². The van der Waals surface area contributed by atoms with E-state index < -0.39 is 5.91 Å². The summed E-state index contributed by atoms with van der Waals surface area (Å²) in [6, 6.07) is 12.5. The standard InChI is InChI=1S/C24H22ClN3O5/c1-3-30-21-14-16(13-17-23(26)28-22(27-24(17)29)12-15(2)33-28)8-9-20(21)32-11-10-31-19-7-5-4-6-18(19)25/h4-9,12-14,26H,3,10-11H2,1-2H3/b17-13-,26-23?. The molecule has 33 heavy (non-hydrogen) atoms. The Morgan fingerprint density at radius 1 is 1.09 bits per heavy atom. The van der Waals surface area contributed by atoms with Crippen molar-refractivity contribution in [2.75, 3.05) is 19.8 Å². The van der Waals surface area contributed by atoms with Crippen molar-refractivity contribution in [3.8, 4) is 17.2 Å². The highest BCUT2D eigenvalue weighted by Gasteiger charge is 2.34. The summed E-state index contributed by atoms with van der Waals surface area (Å²) in [4.78, 5) is 21.9. The molecule has 2 aliphatic rings. The van der Waals surface area contributed by atoms with Crippen molar-refractivity contribution in [3.63, 3.8) is 0 Å². The smallest absolute Gasteiger partial charge is 0.282 e. The number of fused-ring (bicyclic) bond motifs is 1. The average molecular weight is 468 g/mol. The molecule has 2 aliphatic heterocycles. The molecule has 0 saturated heterocycles. The molecular weight excluding hydrogens is 446 g/mol. The normalized spacial score (nSPS) is 16.2. The Labute approximate surface area is 196 Å². The molecule has 0 saturated carbocycles. The Morgan fingerprint density at radius 2 is 1.85 bits per heavy atom. The Kier molecular flexibility index (Phi) is 6.65. The number of carbonyl (C=O) groups excluding carboxylic acids is 1. The van der Waals surface area contributed by atoms with Crippen LogP contribution in [0.4, 0.5) is 0 Å². The van der Waals surface area contributed by atoms with Gasteiger partial charge in [0.25, 0.3) is 5.91 Å². The van der Waals surface area contributed by atoms with Crippen LogP contribution < -0.4 is 14.2 Å². The first-order valence-electron chi connectivity index (χ1n) is 10.3. The summed E-state index contributed by atoms with van der Waals surface area (Å²) in [6.07, 6.45) is 3.19. The predicted octanol–water partition coefficient (Wildman–Crippen LogP) is 4.65. The van der Waals surface area contributed by atoms with Crippen molar-refractivity contribution >= 4 is 35.3 Å². The fourth-order valence-corrected chi connectivity index (χ4v) is 3.42. The van der Waals surface area contributed by atoms with Gasteiger partial charge in [0.2, 0.25) is 0 Å². The van der Waals surface area contributed by atoms with Crippen LogP contribution in [0.1, 0.15) is 19.4 Å². The minimum absolute atomic E-state index is 0.0758. The molecule has 0 unspecified atom stereocenters. The van der Waals surface area contributed by atoms with E-state index in [-0.39, 0.29) is 18.0 Å². The summed E-state index contributed by atoms with van der Waals surface area (Å²) in [5.74, 6) is 1.92. The molecule has 9 heteroatoms. The second-order valence-electron chi connectivity index (χ2n) is 7.09. The molecule has 0 aromatic heterocycles. The van der Waals surface area contributed by atoms with E-state index in [0.717, 1.165) is 0 Å². The number of nitrogens with one attached hydrogen (secondary N) is 1. The molecule has 0 atom stereocenters. The number of hydrogen-bond acceptors (Lipinski definition) is 6. The molecule has 0 radical (unpaired) electrons. The highest BCUT2D eigenvalue weighted by Crippen LogP contribution is 2.31. The zero-order chi connectivity index (χ0) is 23.4. The van der Waals surface area contributed by atoms with Gasteiger partial charge in [-0.1, -0.05) is 29.8 Å². The first kappa shape index (κ1) is 22.4. The molecule has 4 rings (SSSR count). The molecule has 8 nitrogen and oxygen atoms in total. The minimum Gasteiger partial charge on any atom is -0.490 e. The van der Waals surface area contributed by atoms with Gasteiger partial charge in [-0.25, -0.2) is 0 Å². The number of rotatable bonds is 8. The summed E-state index contributed by atoms with van der Waals surface area (Å²) >= 11 is 6.09. The van der Waals surface area contributed by atoms with Crippen molar-refractivity contribution in [1.82, 2.24) is 5.06 Å². The summed E-state index contributed by atoms with van der Waals surface area (Å²) in [6.45, 7) is 4.61. The number of halogens is 1. The maximum atomic E-state index is 12.5. The number of hydroxylamine groups is 2. The number of aliphatic imine (C=N–C) groups is 1. The average Bonchev–Trinajstić information content (AvgIpc) is 3.17. The highest BCUT2D eigenvalue weighted by molar-refractivity contribution is 6.32. The number of nitrogens with zero attached hydrogens (tertiary/aromatic N) is 2. The van der Waals surface area contributed by atoms with Crippen LogP contribution in [0.15, 0.2) is 64.9 Å². The molecule has 0 aliphatic carbocycles. The number of amides is 1. The lowest BCUT2D eigenvalue weighted by Gasteiger charge is -2.23. The minimum atomic E-state index is -0.504. The Hall–Kier alpha value is -3.78. The lowest BCUT2D eigenvalue weighted by molar-refractivity contribution is -0.114. The van der Waals surface area contributed by atoms with E-state index in [0.29, 0.717) is 52.6 Å². The zero-order valence-electron chi connectivity index (χ0n) is 18.1. The summed E-state index contributed by atoms with van der Waals surface area (Å²) in [5, 5.41) is 10.1. The largest absolute Gasteiger partial charge is 0.490 e. The topological polar surface area (TPSA) is 93.4 Å². The number of benzene rings is 2. The third kappa shape index (κ3) is 5.01. The van der Waals surface area contributed by atoms with Gasteiger partial charge in [0.1, 0.15) is 24.7 Å². The van der Waals surface area contributed by atoms with Crippen LogP contribution in [0, 0.1) is 5.41 Å². The van der Waals surface area contributed by atoms with E-state index >= 15 is 0 Å². The molecule has 0 fully saturated rings. The second-order valence-corrected chi connectivity index (χ2v) is 7.50. The molecule has 0 bridgehead atoms. The Bertz CT molecular complexity index is 1190. The molecule has 0 spiro atoms. The SMILES string of the molecule is CCOc1cc(/C=C2/C(=N)N3OC(C)=CC3=NC2=O)ccc1OCCOc1ccccc1Cl. The Balaban J connectivity index is 1.46. The number of allylic oxidation sites excluding steroid dienone is 1. The lowest BCUT2D eigenvalue weighted by Crippen LogP contribution is -2.38. The maximum Gasteiger partial charge on any atom is 0.282 e. The van der Waals surface area contributed by atoms with Crippen LogP contribution in [-0.4, -0.2) is 42.5 Å². The van der Waals surface area contributed by atoms with Gasteiger partial charge in [-0.2, -0.15) is 4.99 Å². The van der Waals surface area contributed by atoms with E-state index in [4.69, 9.17) is 36.1 Å². The molecule has 2 heterocycles. The molecular formula is C24H22ClN3O5. The van der Waals surface area contributed by atoms with Crippen LogP contribution >= 0.6 is 11.6 Å². The number of para-hydroxylation sites is 1. The fraction of sp³-hybridized carbons (Fsp3) is 0.208. The Morgan fingerprint density at radius 3 is 2.61 bits per heavy atom. The van der Waals surface area contributed by atoms with Gasteiger partial charge < -0.3 is 19.0 Å².